The van der Waals surface area contributed by atoms with Gasteiger partial charge >= 0.3 is 0 Å². The van der Waals surface area contributed by atoms with Gasteiger partial charge in [-0.15, -0.1) is 0 Å². The van der Waals surface area contributed by atoms with Crippen molar-refractivity contribution in [2.24, 2.45) is 5.92 Å². The average molecular weight is 660 g/mol. The molecule has 188 valence electrons. The number of piperidine rings is 1. The number of phenolic OH excluding ortho intramolecular Hbond substituents is 1. The second-order valence-electron chi connectivity index (χ2n) is 9.47. The third-order valence-corrected chi connectivity index (χ3v) is 11.1. The molecule has 0 saturated carbocycles. The maximum Gasteiger partial charge on any atom is 0.150 e. The van der Waals surface area contributed by atoms with Crippen molar-refractivity contribution >= 4 is 52.8 Å². The number of hydrogen-bond acceptors (Lipinski definition) is 5. The molecule has 0 aromatic heterocycles. The number of hydrogen-bond donors (Lipinski definition) is 2. The molecule has 0 spiro atoms. The highest BCUT2D eigenvalue weighted by Crippen LogP contribution is 2.39. The summed E-state index contributed by atoms with van der Waals surface area (Å²) in [7, 11) is 0. The summed E-state index contributed by atoms with van der Waals surface area (Å²) >= 11 is 3.50. The summed E-state index contributed by atoms with van der Waals surface area (Å²) in [5.41, 5.74) is 5.20. The molecule has 7 heteroatoms. The third kappa shape index (κ3) is 5.84. The lowest BCUT2D eigenvalue weighted by Crippen LogP contribution is -2.40. The normalized spacial score (nSPS) is 22.0. The standard InChI is InChI=1S/C29H31BrIN3O2/c30-26-16-31-34-27(26)12-5-10-22(25-11-3-4-13-28(25)36)15-29(34)32-17-21-7-6-14-33(18-21)19-23-8-1-2-9-24(23)20-35/h1-4,8-11,13,15-16,20-21,32,36H,5-7,12,14,17-19H2/b22-10?,29-15-. The van der Waals surface area contributed by atoms with Gasteiger partial charge in [-0.3, -0.25) is 12.8 Å². The number of halogens is 2. The first-order valence-electron chi connectivity index (χ1n) is 12.5. The van der Waals surface area contributed by atoms with Gasteiger partial charge in [-0.2, -0.15) is 0 Å². The summed E-state index contributed by atoms with van der Waals surface area (Å²) in [5, 5.41) is 14.3. The van der Waals surface area contributed by atoms with E-state index in [-0.39, 0.29) is 21.0 Å². The third-order valence-electron chi connectivity index (χ3n) is 6.97. The van der Waals surface area contributed by atoms with E-state index in [9.17, 15) is 9.90 Å². The number of rotatable bonds is 7. The van der Waals surface area contributed by atoms with Gasteiger partial charge in [0, 0.05) is 66.0 Å². The van der Waals surface area contributed by atoms with Crippen molar-refractivity contribution in [1.29, 1.82) is 0 Å². The van der Waals surface area contributed by atoms with Crippen LogP contribution in [0.4, 0.5) is 0 Å². The van der Waals surface area contributed by atoms with Crippen LogP contribution in [0.25, 0.3) is 5.57 Å². The zero-order valence-corrected chi connectivity index (χ0v) is 23.9. The monoisotopic (exact) mass is 659 g/mol. The van der Waals surface area contributed by atoms with Gasteiger partial charge in [-0.1, -0.05) is 48.5 Å². The summed E-state index contributed by atoms with van der Waals surface area (Å²) in [6.07, 6.45) is 9.69. The number of nitrogens with zero attached hydrogens (tertiary/aromatic N) is 2. The second-order valence-corrected chi connectivity index (χ2v) is 12.5. The summed E-state index contributed by atoms with van der Waals surface area (Å²) in [5.74, 6) is 1.98. The number of para-hydroxylation sites is 1. The summed E-state index contributed by atoms with van der Waals surface area (Å²) < 4.78 is 6.03. The Balaban J connectivity index is 1.32. The molecule has 2 N–H and O–H groups in total. The van der Waals surface area contributed by atoms with Crippen LogP contribution < -0.4 is 5.32 Å². The SMILES string of the molecule is O=Cc1ccccc1CN1CCCC(CN/C2=C/C(c3ccccc3O)=CCCC3=C(Br)C=IN32)C1. The summed E-state index contributed by atoms with van der Waals surface area (Å²) in [4.78, 5) is 13.9. The summed E-state index contributed by atoms with van der Waals surface area (Å²) in [6, 6.07) is 15.5. The van der Waals surface area contributed by atoms with Gasteiger partial charge in [-0.25, -0.2) is 0 Å². The molecule has 1 saturated heterocycles. The van der Waals surface area contributed by atoms with Gasteiger partial charge in [0.25, 0.3) is 0 Å². The van der Waals surface area contributed by atoms with Gasteiger partial charge in [0.2, 0.25) is 0 Å². The topological polar surface area (TPSA) is 55.8 Å². The fraction of sp³-hybridized carbons (Fsp3) is 0.310. The molecule has 0 amide bonds. The maximum absolute atomic E-state index is 11.5. The molecule has 1 unspecified atom stereocenters. The van der Waals surface area contributed by atoms with Crippen LogP contribution >= 0.6 is 36.9 Å². The van der Waals surface area contributed by atoms with Crippen LogP contribution in [0.5, 0.6) is 5.75 Å². The minimum absolute atomic E-state index is 0.283. The second kappa shape index (κ2) is 11.9. The van der Waals surface area contributed by atoms with Crippen molar-refractivity contribution in [3.63, 3.8) is 0 Å². The number of nitrogens with one attached hydrogen (secondary N) is 1. The zero-order chi connectivity index (χ0) is 24.9. The van der Waals surface area contributed by atoms with E-state index in [0.717, 1.165) is 73.4 Å². The Bertz CT molecular complexity index is 1250. The Morgan fingerprint density at radius 3 is 2.86 bits per heavy atom. The van der Waals surface area contributed by atoms with E-state index in [2.05, 4.69) is 51.5 Å². The van der Waals surface area contributed by atoms with Crippen molar-refractivity contribution in [1.82, 2.24) is 13.3 Å². The van der Waals surface area contributed by atoms with Crippen molar-refractivity contribution in [3.05, 3.63) is 93.4 Å². The molecule has 5 nitrogen and oxygen atoms in total. The molecule has 1 fully saturated rings. The van der Waals surface area contributed by atoms with Gasteiger partial charge in [0.05, 0.1) is 0 Å². The number of carbonyl (C=O) groups excluding carboxylic acids is 1. The summed E-state index contributed by atoms with van der Waals surface area (Å²) in [6.45, 7) is 3.81. The molecule has 1 atom stereocenters. The number of benzene rings is 2. The lowest BCUT2D eigenvalue weighted by atomic mass is 9.96. The molecule has 0 aliphatic carbocycles. The molecule has 2 aromatic rings. The van der Waals surface area contributed by atoms with E-state index in [4.69, 9.17) is 0 Å². The van der Waals surface area contributed by atoms with Crippen LogP contribution in [0.3, 0.4) is 0 Å². The maximum atomic E-state index is 11.5. The predicted molar refractivity (Wildman–Crippen MR) is 159 cm³/mol. The van der Waals surface area contributed by atoms with E-state index in [1.807, 2.05) is 36.4 Å². The highest BCUT2D eigenvalue weighted by atomic mass is 127. The van der Waals surface area contributed by atoms with E-state index in [1.54, 1.807) is 6.07 Å². The van der Waals surface area contributed by atoms with E-state index in [0.29, 0.717) is 11.7 Å². The fourth-order valence-corrected chi connectivity index (χ4v) is 8.68. The Labute approximate surface area is 231 Å². The molecule has 0 bridgehead atoms. The van der Waals surface area contributed by atoms with E-state index >= 15 is 0 Å². The average Bonchev–Trinajstić information content (AvgIpc) is 3.24. The molecule has 2 aromatic carbocycles. The van der Waals surface area contributed by atoms with Crippen LogP contribution in [0, 0.1) is 5.92 Å². The molecule has 5 rings (SSSR count). The number of likely N-dealkylation sites (tertiary alicyclic amines) is 1. The minimum atomic E-state index is -0.283. The highest BCUT2D eigenvalue weighted by Gasteiger charge is 2.25. The predicted octanol–water partition coefficient (Wildman–Crippen LogP) is 6.34. The molecule has 3 aliphatic heterocycles. The van der Waals surface area contributed by atoms with Crippen molar-refractivity contribution in [2.75, 3.05) is 19.6 Å². The Morgan fingerprint density at radius 2 is 2.00 bits per heavy atom. The molecule has 0 radical (unpaired) electrons. The molecule has 3 aliphatic rings. The van der Waals surface area contributed by atoms with Crippen molar-refractivity contribution in [2.45, 2.75) is 32.2 Å². The lowest BCUT2D eigenvalue weighted by Gasteiger charge is -2.34. The van der Waals surface area contributed by atoms with Crippen LogP contribution in [0.2, 0.25) is 0 Å². The van der Waals surface area contributed by atoms with Gasteiger partial charge in [0.1, 0.15) is 17.9 Å². The Morgan fingerprint density at radius 1 is 1.17 bits per heavy atom. The molecular weight excluding hydrogens is 629 g/mol. The smallest absolute Gasteiger partial charge is 0.150 e. The van der Waals surface area contributed by atoms with Gasteiger partial charge in [-0.05, 0) is 77.4 Å². The number of carbonyl (C=O) groups is 1. The number of fused-ring (bicyclic) bond motifs is 1. The first-order valence-corrected chi connectivity index (χ1v) is 15.5. The van der Waals surface area contributed by atoms with Crippen LogP contribution in [-0.2, 0) is 6.54 Å². The van der Waals surface area contributed by atoms with Crippen LogP contribution in [0.15, 0.2) is 76.7 Å². The minimum Gasteiger partial charge on any atom is -0.507 e. The van der Waals surface area contributed by atoms with Crippen LogP contribution in [0.1, 0.15) is 47.2 Å². The quantitative estimate of drug-likeness (QED) is 0.207. The number of aldehydes is 1. The first kappa shape index (κ1) is 25.4. The number of aromatic hydroxyl groups is 1. The Kier molecular flexibility index (Phi) is 8.39. The number of phenols is 1. The van der Waals surface area contributed by atoms with Crippen molar-refractivity contribution in [3.8, 4) is 5.75 Å². The first-order chi connectivity index (χ1) is 17.6. The van der Waals surface area contributed by atoms with Gasteiger partial charge < -0.3 is 10.4 Å². The fourth-order valence-electron chi connectivity index (χ4n) is 5.12. The highest BCUT2D eigenvalue weighted by molar-refractivity contribution is 14.2. The van der Waals surface area contributed by atoms with Gasteiger partial charge in [0.15, 0.2) is 0 Å². The molecular formula is C29H31BrIN3O2. The zero-order valence-electron chi connectivity index (χ0n) is 20.2. The Hall–Kier alpha value is -2.23. The van der Waals surface area contributed by atoms with Crippen LogP contribution in [-0.4, -0.2) is 43.1 Å². The molecule has 3 heterocycles. The lowest BCUT2D eigenvalue weighted by molar-refractivity contribution is 0.111. The molecule has 36 heavy (non-hydrogen) atoms. The van der Waals surface area contributed by atoms with Crippen molar-refractivity contribution < 1.29 is 9.90 Å². The van der Waals surface area contributed by atoms with E-state index in [1.165, 1.54) is 23.0 Å². The number of allylic oxidation sites excluding steroid dienone is 5. The largest absolute Gasteiger partial charge is 0.507 e. The van der Waals surface area contributed by atoms with E-state index < -0.39 is 0 Å².